The van der Waals surface area contributed by atoms with Gasteiger partial charge in [0.05, 0.1) is 17.1 Å². The second kappa shape index (κ2) is 7.10. The van der Waals surface area contributed by atoms with Gasteiger partial charge in [-0.1, -0.05) is 12.1 Å². The molecule has 1 heterocycles. The van der Waals surface area contributed by atoms with Crippen molar-refractivity contribution < 1.29 is 10.2 Å². The molecule has 0 saturated carbocycles. The topological polar surface area (TPSA) is 99.7 Å². The minimum absolute atomic E-state index is 0.00498. The molecule has 2 aromatic carbocycles. The molecule has 7 nitrogen and oxygen atoms in total. The number of aromatic hydroxyl groups is 2. The van der Waals surface area contributed by atoms with Crippen molar-refractivity contribution in [3.8, 4) is 22.8 Å². The highest BCUT2D eigenvalue weighted by atomic mass is 16.3. The molecule has 0 aliphatic carbocycles. The van der Waals surface area contributed by atoms with Crippen molar-refractivity contribution in [2.24, 2.45) is 12.1 Å². The first-order valence-electron chi connectivity index (χ1n) is 7.91. The predicted octanol–water partition coefficient (Wildman–Crippen LogP) is 2.69. The van der Waals surface area contributed by atoms with Crippen molar-refractivity contribution in [2.75, 3.05) is 5.43 Å². The molecule has 0 unspecified atom stereocenters. The summed E-state index contributed by atoms with van der Waals surface area (Å²) >= 11 is 0. The molecule has 3 rings (SSSR count). The van der Waals surface area contributed by atoms with Gasteiger partial charge in [-0.15, -0.1) is 0 Å². The Balaban J connectivity index is 1.76. The summed E-state index contributed by atoms with van der Waals surface area (Å²) in [5.74, 6) is -0.0428. The van der Waals surface area contributed by atoms with Crippen LogP contribution in [0.25, 0.3) is 11.3 Å². The molecule has 0 atom stereocenters. The van der Waals surface area contributed by atoms with Crippen molar-refractivity contribution in [2.45, 2.75) is 6.92 Å². The summed E-state index contributed by atoms with van der Waals surface area (Å²) in [4.78, 5) is 11.4. The smallest absolute Gasteiger partial charge is 0.266 e. The number of hydrogen-bond donors (Lipinski definition) is 3. The van der Waals surface area contributed by atoms with Crippen molar-refractivity contribution in [1.29, 1.82) is 0 Å². The van der Waals surface area contributed by atoms with Crippen LogP contribution in [0.15, 0.2) is 64.5 Å². The first-order valence-corrected chi connectivity index (χ1v) is 7.91. The van der Waals surface area contributed by atoms with Gasteiger partial charge in [-0.25, -0.2) is 4.68 Å². The SMILES string of the molecule is C/C(=N/Nc1ccc(-c2ccc(=O)n(C)n2)cc1)c1ccc(O)cc1O. The Kier molecular flexibility index (Phi) is 4.70. The number of anilines is 1. The summed E-state index contributed by atoms with van der Waals surface area (Å²) in [6.45, 7) is 1.75. The van der Waals surface area contributed by atoms with E-state index in [2.05, 4.69) is 15.6 Å². The van der Waals surface area contributed by atoms with E-state index in [1.807, 2.05) is 24.3 Å². The standard InChI is InChI=1S/C19H18N4O3/c1-12(16-8-7-15(24)11-18(16)25)20-21-14-5-3-13(4-6-14)17-9-10-19(26)23(2)22-17/h3-11,21,24-25H,1-2H3/b20-12-. The lowest BCUT2D eigenvalue weighted by Gasteiger charge is -2.07. The highest BCUT2D eigenvalue weighted by Crippen LogP contribution is 2.23. The minimum atomic E-state index is -0.158. The third kappa shape index (κ3) is 3.72. The molecule has 1 aromatic heterocycles. The first kappa shape index (κ1) is 17.2. The molecular weight excluding hydrogens is 332 g/mol. The Hall–Kier alpha value is -3.61. The number of rotatable bonds is 4. The maximum atomic E-state index is 11.4. The summed E-state index contributed by atoms with van der Waals surface area (Å²) in [7, 11) is 1.61. The number of hydrogen-bond acceptors (Lipinski definition) is 6. The second-order valence-electron chi connectivity index (χ2n) is 5.77. The van der Waals surface area contributed by atoms with Crippen LogP contribution in [-0.2, 0) is 7.05 Å². The van der Waals surface area contributed by atoms with E-state index in [0.29, 0.717) is 17.0 Å². The average molecular weight is 350 g/mol. The van der Waals surface area contributed by atoms with Gasteiger partial charge in [0.25, 0.3) is 5.56 Å². The summed E-state index contributed by atoms with van der Waals surface area (Å²) in [6.07, 6.45) is 0. The van der Waals surface area contributed by atoms with E-state index in [9.17, 15) is 15.0 Å². The number of aromatic nitrogens is 2. The molecule has 3 N–H and O–H groups in total. The Morgan fingerprint density at radius 2 is 1.81 bits per heavy atom. The van der Waals surface area contributed by atoms with Crippen LogP contribution in [0.3, 0.4) is 0 Å². The van der Waals surface area contributed by atoms with Gasteiger partial charge in [0, 0.05) is 30.3 Å². The Morgan fingerprint density at radius 3 is 2.46 bits per heavy atom. The van der Waals surface area contributed by atoms with Crippen molar-refractivity contribution >= 4 is 11.4 Å². The van der Waals surface area contributed by atoms with Gasteiger partial charge in [-0.2, -0.15) is 10.2 Å². The van der Waals surface area contributed by atoms with E-state index in [1.54, 1.807) is 26.1 Å². The fraction of sp³-hybridized carbons (Fsp3) is 0.105. The fourth-order valence-corrected chi connectivity index (χ4v) is 2.41. The molecule has 0 aliphatic heterocycles. The number of phenols is 2. The van der Waals surface area contributed by atoms with Crippen LogP contribution < -0.4 is 11.0 Å². The maximum Gasteiger partial charge on any atom is 0.266 e. The zero-order valence-electron chi connectivity index (χ0n) is 14.3. The van der Waals surface area contributed by atoms with Crippen molar-refractivity contribution in [3.63, 3.8) is 0 Å². The molecule has 7 heteroatoms. The summed E-state index contributed by atoms with van der Waals surface area (Å²) in [5, 5.41) is 27.7. The number of nitrogens with zero attached hydrogens (tertiary/aromatic N) is 3. The lowest BCUT2D eigenvalue weighted by Crippen LogP contribution is -2.18. The lowest BCUT2D eigenvalue weighted by atomic mass is 10.1. The number of aryl methyl sites for hydroxylation is 1. The monoisotopic (exact) mass is 350 g/mol. The number of phenolic OH excluding ortho intramolecular Hbond substituents is 2. The highest BCUT2D eigenvalue weighted by Gasteiger charge is 2.06. The van der Waals surface area contributed by atoms with E-state index >= 15 is 0 Å². The van der Waals surface area contributed by atoms with Crippen LogP contribution in [0.1, 0.15) is 12.5 Å². The normalized spacial score (nSPS) is 11.4. The number of hydrazone groups is 1. The van der Waals surface area contributed by atoms with Gasteiger partial charge in [0.1, 0.15) is 11.5 Å². The quantitative estimate of drug-likeness (QED) is 0.496. The summed E-state index contributed by atoms with van der Waals surface area (Å²) in [6, 6.07) is 14.9. The molecule has 0 bridgehead atoms. The maximum absolute atomic E-state index is 11.4. The Morgan fingerprint density at radius 1 is 1.08 bits per heavy atom. The largest absolute Gasteiger partial charge is 0.508 e. The lowest BCUT2D eigenvalue weighted by molar-refractivity contribution is 0.450. The second-order valence-corrected chi connectivity index (χ2v) is 5.77. The molecule has 0 spiro atoms. The highest BCUT2D eigenvalue weighted by molar-refractivity contribution is 6.01. The summed E-state index contributed by atoms with van der Waals surface area (Å²) < 4.78 is 1.29. The molecule has 0 fully saturated rings. The summed E-state index contributed by atoms with van der Waals surface area (Å²) in [5.41, 5.74) is 6.21. The van der Waals surface area contributed by atoms with Crippen LogP contribution >= 0.6 is 0 Å². The zero-order valence-corrected chi connectivity index (χ0v) is 14.3. The molecule has 26 heavy (non-hydrogen) atoms. The van der Waals surface area contributed by atoms with Crippen LogP contribution in [0.5, 0.6) is 11.5 Å². The molecule has 3 aromatic rings. The predicted molar refractivity (Wildman–Crippen MR) is 101 cm³/mol. The first-order chi connectivity index (χ1) is 12.4. The molecule has 0 saturated heterocycles. The Labute approximate surface area is 149 Å². The number of nitrogens with one attached hydrogen (secondary N) is 1. The zero-order chi connectivity index (χ0) is 18.7. The number of benzene rings is 2. The van der Waals surface area contributed by atoms with Crippen molar-refractivity contribution in [1.82, 2.24) is 9.78 Å². The third-order valence-corrected chi connectivity index (χ3v) is 3.86. The minimum Gasteiger partial charge on any atom is -0.508 e. The van der Waals surface area contributed by atoms with E-state index in [-0.39, 0.29) is 17.1 Å². The van der Waals surface area contributed by atoms with E-state index in [4.69, 9.17) is 0 Å². The van der Waals surface area contributed by atoms with E-state index in [1.165, 1.54) is 22.9 Å². The van der Waals surface area contributed by atoms with Gasteiger partial charge in [-0.05, 0) is 37.3 Å². The van der Waals surface area contributed by atoms with Gasteiger partial charge in [0.2, 0.25) is 0 Å². The Bertz CT molecular complexity index is 1020. The van der Waals surface area contributed by atoms with Crippen LogP contribution in [0, 0.1) is 0 Å². The molecule has 0 radical (unpaired) electrons. The molecule has 132 valence electrons. The van der Waals surface area contributed by atoms with E-state index in [0.717, 1.165) is 11.3 Å². The van der Waals surface area contributed by atoms with Gasteiger partial charge >= 0.3 is 0 Å². The third-order valence-electron chi connectivity index (χ3n) is 3.86. The van der Waals surface area contributed by atoms with Gasteiger partial charge in [-0.3, -0.25) is 10.2 Å². The van der Waals surface area contributed by atoms with Crippen LogP contribution in [0.4, 0.5) is 5.69 Å². The van der Waals surface area contributed by atoms with Crippen molar-refractivity contribution in [3.05, 3.63) is 70.5 Å². The average Bonchev–Trinajstić information content (AvgIpc) is 2.62. The molecule has 0 amide bonds. The van der Waals surface area contributed by atoms with Gasteiger partial charge in [0.15, 0.2) is 0 Å². The van der Waals surface area contributed by atoms with Crippen LogP contribution in [-0.4, -0.2) is 25.7 Å². The van der Waals surface area contributed by atoms with Crippen LogP contribution in [0.2, 0.25) is 0 Å². The molecule has 0 aliphatic rings. The van der Waals surface area contributed by atoms with Gasteiger partial charge < -0.3 is 10.2 Å². The van der Waals surface area contributed by atoms with E-state index < -0.39 is 0 Å². The molecular formula is C19H18N4O3. The fourth-order valence-electron chi connectivity index (χ4n) is 2.41.